The van der Waals surface area contributed by atoms with Crippen molar-refractivity contribution in [2.75, 3.05) is 32.9 Å². The van der Waals surface area contributed by atoms with Crippen LogP contribution in [0, 0.1) is 6.92 Å². The number of nitrogen functional groups attached to an aromatic ring is 1. The molecule has 0 saturated carbocycles. The summed E-state index contributed by atoms with van der Waals surface area (Å²) in [4.78, 5) is 2.36. The lowest BCUT2D eigenvalue weighted by Crippen LogP contribution is -2.34. The highest BCUT2D eigenvalue weighted by atomic mass is 32.2. The van der Waals surface area contributed by atoms with E-state index in [9.17, 15) is 8.42 Å². The van der Waals surface area contributed by atoms with Crippen molar-refractivity contribution in [3.63, 3.8) is 0 Å². The summed E-state index contributed by atoms with van der Waals surface area (Å²) in [6.45, 7) is 2.98. The number of rotatable bonds is 3. The molecule has 1 atom stereocenters. The Morgan fingerprint density at radius 2 is 2.05 bits per heavy atom. The first kappa shape index (κ1) is 14.3. The predicted octanol–water partition coefficient (Wildman–Crippen LogP) is 0.902. The maximum atomic E-state index is 12.5. The molecule has 0 aliphatic carbocycles. The smallest absolute Gasteiger partial charge is 0.243 e. The van der Waals surface area contributed by atoms with Gasteiger partial charge in [0.15, 0.2) is 0 Å². The van der Waals surface area contributed by atoms with E-state index in [1.54, 1.807) is 22.5 Å². The summed E-state index contributed by atoms with van der Waals surface area (Å²) in [5.41, 5.74) is 7.21. The molecule has 1 unspecified atom stereocenters. The van der Waals surface area contributed by atoms with Gasteiger partial charge in [-0.15, -0.1) is 0 Å². The summed E-state index contributed by atoms with van der Waals surface area (Å²) < 4.78 is 26.6. The van der Waals surface area contributed by atoms with E-state index in [-0.39, 0.29) is 10.9 Å². The van der Waals surface area contributed by atoms with Crippen molar-refractivity contribution in [2.45, 2.75) is 24.3 Å². The van der Waals surface area contributed by atoms with Crippen LogP contribution in [0.15, 0.2) is 23.1 Å². The summed E-state index contributed by atoms with van der Waals surface area (Å²) in [5.74, 6) is 0. The fourth-order valence-corrected chi connectivity index (χ4v) is 3.81. The van der Waals surface area contributed by atoms with Crippen molar-refractivity contribution in [3.8, 4) is 0 Å². The van der Waals surface area contributed by atoms with Crippen LogP contribution in [0.2, 0.25) is 0 Å². The Morgan fingerprint density at radius 3 is 2.58 bits per heavy atom. The van der Waals surface area contributed by atoms with Gasteiger partial charge in [0.25, 0.3) is 0 Å². The zero-order valence-electron chi connectivity index (χ0n) is 11.6. The number of likely N-dealkylation sites (N-methyl/N-ethyl adjacent to an activating group) is 1. The summed E-state index contributed by atoms with van der Waals surface area (Å²) in [5, 5.41) is 0. The van der Waals surface area contributed by atoms with Crippen LogP contribution >= 0.6 is 0 Å². The second kappa shape index (κ2) is 5.11. The zero-order valence-corrected chi connectivity index (χ0v) is 12.4. The highest BCUT2D eigenvalue weighted by molar-refractivity contribution is 7.89. The van der Waals surface area contributed by atoms with Crippen LogP contribution in [0.4, 0.5) is 5.69 Å². The molecule has 0 bridgehead atoms. The van der Waals surface area contributed by atoms with Gasteiger partial charge in [-0.2, -0.15) is 4.31 Å². The van der Waals surface area contributed by atoms with Gasteiger partial charge >= 0.3 is 0 Å². The van der Waals surface area contributed by atoms with Crippen molar-refractivity contribution in [3.05, 3.63) is 23.8 Å². The third-order valence-electron chi connectivity index (χ3n) is 3.74. The number of hydrogen-bond acceptors (Lipinski definition) is 4. The molecule has 19 heavy (non-hydrogen) atoms. The first-order valence-corrected chi connectivity index (χ1v) is 7.79. The minimum Gasteiger partial charge on any atom is -0.398 e. The number of anilines is 1. The second-order valence-corrected chi connectivity index (χ2v) is 7.23. The average molecular weight is 283 g/mol. The Kier molecular flexibility index (Phi) is 3.85. The lowest BCUT2D eigenvalue weighted by atomic mass is 10.2. The fourth-order valence-electron chi connectivity index (χ4n) is 2.28. The standard InChI is InChI=1S/C13H21N3O2S/c1-10-4-5-12(8-13(10)14)19(17,18)16-7-6-11(9-16)15(2)3/h4-5,8,11H,6-7,9,14H2,1-3H3. The molecule has 2 rings (SSSR count). The van der Waals surface area contributed by atoms with Crippen molar-refractivity contribution < 1.29 is 8.42 Å². The van der Waals surface area contributed by atoms with E-state index in [1.807, 2.05) is 21.0 Å². The third-order valence-corrected chi connectivity index (χ3v) is 5.61. The molecular formula is C13H21N3O2S. The van der Waals surface area contributed by atoms with Gasteiger partial charge in [-0.1, -0.05) is 6.07 Å². The minimum atomic E-state index is -3.42. The van der Waals surface area contributed by atoms with Crippen LogP contribution in [0.3, 0.4) is 0 Å². The van der Waals surface area contributed by atoms with Gasteiger partial charge in [0.05, 0.1) is 4.90 Å². The summed E-state index contributed by atoms with van der Waals surface area (Å²) in [6.07, 6.45) is 0.869. The van der Waals surface area contributed by atoms with Gasteiger partial charge in [-0.25, -0.2) is 8.42 Å². The molecule has 0 amide bonds. The fraction of sp³-hybridized carbons (Fsp3) is 0.538. The van der Waals surface area contributed by atoms with Gasteiger partial charge in [0.2, 0.25) is 10.0 Å². The van der Waals surface area contributed by atoms with Crippen LogP contribution in [0.25, 0.3) is 0 Å². The van der Waals surface area contributed by atoms with E-state index in [0.29, 0.717) is 18.8 Å². The number of hydrogen-bond donors (Lipinski definition) is 1. The lowest BCUT2D eigenvalue weighted by molar-refractivity contribution is 0.302. The van der Waals surface area contributed by atoms with E-state index in [1.165, 1.54) is 0 Å². The van der Waals surface area contributed by atoms with Crippen LogP contribution in [-0.4, -0.2) is 50.8 Å². The highest BCUT2D eigenvalue weighted by Gasteiger charge is 2.33. The average Bonchev–Trinajstić information content (AvgIpc) is 2.82. The molecule has 0 aromatic heterocycles. The zero-order chi connectivity index (χ0) is 14.2. The molecule has 1 aromatic rings. The van der Waals surface area contributed by atoms with E-state index in [2.05, 4.69) is 4.90 Å². The molecule has 0 spiro atoms. The Hall–Kier alpha value is -1.11. The number of aryl methyl sites for hydroxylation is 1. The largest absolute Gasteiger partial charge is 0.398 e. The Bertz CT molecular complexity index is 569. The van der Waals surface area contributed by atoms with Crippen LogP contribution in [0.1, 0.15) is 12.0 Å². The molecule has 1 fully saturated rings. The molecule has 106 valence electrons. The van der Waals surface area contributed by atoms with E-state index in [4.69, 9.17) is 5.73 Å². The molecule has 1 aliphatic heterocycles. The molecule has 0 radical (unpaired) electrons. The number of nitrogens with zero attached hydrogens (tertiary/aromatic N) is 2. The monoisotopic (exact) mass is 283 g/mol. The maximum Gasteiger partial charge on any atom is 0.243 e. The molecule has 5 nitrogen and oxygen atoms in total. The van der Waals surface area contributed by atoms with Gasteiger partial charge < -0.3 is 10.6 Å². The highest BCUT2D eigenvalue weighted by Crippen LogP contribution is 2.25. The third kappa shape index (κ3) is 2.75. The summed E-state index contributed by atoms with van der Waals surface area (Å²) in [7, 11) is 0.536. The first-order chi connectivity index (χ1) is 8.82. The predicted molar refractivity (Wildman–Crippen MR) is 76.4 cm³/mol. The molecule has 2 N–H and O–H groups in total. The van der Waals surface area contributed by atoms with Gasteiger partial charge in [0.1, 0.15) is 0 Å². The van der Waals surface area contributed by atoms with Crippen molar-refractivity contribution in [1.29, 1.82) is 0 Å². The van der Waals surface area contributed by atoms with Crippen molar-refractivity contribution in [2.24, 2.45) is 0 Å². The van der Waals surface area contributed by atoms with Gasteiger partial charge in [0, 0.05) is 24.8 Å². The van der Waals surface area contributed by atoms with E-state index < -0.39 is 10.0 Å². The van der Waals surface area contributed by atoms with Crippen LogP contribution in [-0.2, 0) is 10.0 Å². The lowest BCUT2D eigenvalue weighted by Gasteiger charge is -2.20. The van der Waals surface area contributed by atoms with Crippen molar-refractivity contribution in [1.82, 2.24) is 9.21 Å². The van der Waals surface area contributed by atoms with Crippen LogP contribution in [0.5, 0.6) is 0 Å². The summed E-state index contributed by atoms with van der Waals surface area (Å²) >= 11 is 0. The Morgan fingerprint density at radius 1 is 1.37 bits per heavy atom. The quantitative estimate of drug-likeness (QED) is 0.837. The van der Waals surface area contributed by atoms with Crippen LogP contribution < -0.4 is 5.73 Å². The Balaban J connectivity index is 2.26. The Labute approximate surface area is 115 Å². The summed E-state index contributed by atoms with van der Waals surface area (Å²) in [6, 6.07) is 5.22. The maximum absolute atomic E-state index is 12.5. The van der Waals surface area contributed by atoms with Crippen molar-refractivity contribution >= 4 is 15.7 Å². The minimum absolute atomic E-state index is 0.287. The van der Waals surface area contributed by atoms with Gasteiger partial charge in [-0.3, -0.25) is 0 Å². The molecule has 1 aromatic carbocycles. The number of nitrogens with two attached hydrogens (primary N) is 1. The molecule has 1 aliphatic rings. The molecule has 6 heteroatoms. The van der Waals surface area contributed by atoms with Gasteiger partial charge in [-0.05, 0) is 45.1 Å². The van der Waals surface area contributed by atoms with E-state index in [0.717, 1.165) is 12.0 Å². The number of sulfonamides is 1. The molecular weight excluding hydrogens is 262 g/mol. The normalized spacial score (nSPS) is 21.2. The van der Waals surface area contributed by atoms with E-state index >= 15 is 0 Å². The molecule has 1 heterocycles. The second-order valence-electron chi connectivity index (χ2n) is 5.29. The first-order valence-electron chi connectivity index (χ1n) is 6.35. The molecule has 1 saturated heterocycles. The topological polar surface area (TPSA) is 66.6 Å². The SMILES string of the molecule is Cc1ccc(S(=O)(=O)N2CCC(N(C)C)C2)cc1N. The number of benzene rings is 1.